The molecule has 1 N–H and O–H groups in total. The van der Waals surface area contributed by atoms with Crippen molar-refractivity contribution >= 4 is 11.5 Å². The summed E-state index contributed by atoms with van der Waals surface area (Å²) in [6, 6.07) is 3.13. The third-order valence-corrected chi connectivity index (χ3v) is 3.08. The molecule has 1 unspecified atom stereocenters. The Morgan fingerprint density at radius 1 is 1.59 bits per heavy atom. The van der Waals surface area contributed by atoms with Gasteiger partial charge in [0, 0.05) is 18.2 Å². The van der Waals surface area contributed by atoms with Crippen molar-refractivity contribution in [3.05, 3.63) is 22.2 Å². The molecule has 0 saturated heterocycles. The second-order valence-electron chi connectivity index (χ2n) is 4.87. The van der Waals surface area contributed by atoms with Crippen LogP contribution in [0.4, 0.5) is 11.5 Å². The minimum Gasteiger partial charge on any atom is -0.481 e. The zero-order valence-corrected chi connectivity index (χ0v) is 10.1. The molecule has 0 radical (unpaired) electrons. The van der Waals surface area contributed by atoms with E-state index in [-0.39, 0.29) is 23.0 Å². The van der Waals surface area contributed by atoms with E-state index in [4.69, 9.17) is 4.74 Å². The molecule has 6 nitrogen and oxygen atoms in total. The normalized spacial score (nSPS) is 20.8. The van der Waals surface area contributed by atoms with Crippen molar-refractivity contribution in [2.24, 2.45) is 5.41 Å². The van der Waals surface area contributed by atoms with Crippen LogP contribution >= 0.6 is 0 Å². The van der Waals surface area contributed by atoms with Gasteiger partial charge in [-0.25, -0.2) is 0 Å². The van der Waals surface area contributed by atoms with Crippen molar-refractivity contribution in [1.82, 2.24) is 4.98 Å². The molecule has 1 aliphatic carbocycles. The number of hydrogen-bond donors (Lipinski definition) is 1. The first-order valence-corrected chi connectivity index (χ1v) is 5.40. The molecule has 0 amide bonds. The van der Waals surface area contributed by atoms with E-state index in [1.165, 1.54) is 19.2 Å². The predicted molar refractivity (Wildman–Crippen MR) is 63.3 cm³/mol. The Labute approximate surface area is 99.2 Å². The summed E-state index contributed by atoms with van der Waals surface area (Å²) in [5.74, 6) is 0.654. The van der Waals surface area contributed by atoms with Crippen molar-refractivity contribution in [3.63, 3.8) is 0 Å². The van der Waals surface area contributed by atoms with Gasteiger partial charge in [-0.05, 0) is 11.8 Å². The first-order chi connectivity index (χ1) is 7.94. The number of nitrogens with zero attached hydrogens (tertiary/aromatic N) is 2. The molecule has 17 heavy (non-hydrogen) atoms. The topological polar surface area (TPSA) is 77.3 Å². The number of aromatic nitrogens is 1. The molecule has 1 aromatic rings. The largest absolute Gasteiger partial charge is 0.481 e. The van der Waals surface area contributed by atoms with Gasteiger partial charge in [0.25, 0.3) is 0 Å². The number of nitrogens with one attached hydrogen (secondary N) is 1. The molecule has 0 aromatic carbocycles. The summed E-state index contributed by atoms with van der Waals surface area (Å²) in [5, 5.41) is 14.0. The Morgan fingerprint density at radius 3 is 2.71 bits per heavy atom. The van der Waals surface area contributed by atoms with Gasteiger partial charge in [-0.1, -0.05) is 13.8 Å². The first kappa shape index (κ1) is 11.6. The highest BCUT2D eigenvalue weighted by Crippen LogP contribution is 2.47. The molecule has 1 saturated carbocycles. The molecule has 0 aliphatic heterocycles. The van der Waals surface area contributed by atoms with Crippen LogP contribution in [0.5, 0.6) is 5.88 Å². The van der Waals surface area contributed by atoms with Gasteiger partial charge in [-0.2, -0.15) is 4.98 Å². The number of ether oxygens (including phenoxy) is 1. The lowest BCUT2D eigenvalue weighted by Gasteiger charge is -2.08. The number of pyridine rings is 1. The van der Waals surface area contributed by atoms with E-state index in [9.17, 15) is 10.1 Å². The number of methoxy groups -OCH3 is 1. The molecule has 0 bridgehead atoms. The van der Waals surface area contributed by atoms with Crippen LogP contribution < -0.4 is 10.1 Å². The molecule has 1 heterocycles. The van der Waals surface area contributed by atoms with E-state index >= 15 is 0 Å². The summed E-state index contributed by atoms with van der Waals surface area (Å²) >= 11 is 0. The van der Waals surface area contributed by atoms with Crippen LogP contribution in [-0.2, 0) is 0 Å². The summed E-state index contributed by atoms with van der Waals surface area (Å²) < 4.78 is 4.97. The van der Waals surface area contributed by atoms with E-state index in [1.807, 2.05) is 0 Å². The van der Waals surface area contributed by atoms with Crippen LogP contribution in [0.3, 0.4) is 0 Å². The van der Waals surface area contributed by atoms with Crippen LogP contribution in [0.1, 0.15) is 20.3 Å². The second kappa shape index (κ2) is 3.87. The fourth-order valence-corrected chi connectivity index (χ4v) is 1.68. The number of nitro groups is 1. The lowest BCUT2D eigenvalue weighted by Crippen LogP contribution is -2.11. The van der Waals surface area contributed by atoms with Crippen LogP contribution in [0.2, 0.25) is 0 Å². The Morgan fingerprint density at radius 2 is 2.24 bits per heavy atom. The van der Waals surface area contributed by atoms with Gasteiger partial charge >= 0.3 is 5.69 Å². The summed E-state index contributed by atoms with van der Waals surface area (Å²) in [4.78, 5) is 14.5. The Hall–Kier alpha value is -1.85. The van der Waals surface area contributed by atoms with Gasteiger partial charge in [-0.3, -0.25) is 10.1 Å². The highest BCUT2D eigenvalue weighted by atomic mass is 16.6. The third kappa shape index (κ3) is 2.30. The van der Waals surface area contributed by atoms with Crippen molar-refractivity contribution in [2.45, 2.75) is 26.3 Å². The SMILES string of the molecule is COc1ccc([N+](=O)[O-])c(NC2CC2(C)C)n1. The lowest BCUT2D eigenvalue weighted by atomic mass is 10.2. The highest BCUT2D eigenvalue weighted by Gasteiger charge is 2.46. The standard InChI is InChI=1S/C11H15N3O3/c1-11(2)6-8(11)12-10-7(14(15)16)4-5-9(13-10)17-3/h4-5,8H,6H2,1-3H3,(H,12,13). The van der Waals surface area contributed by atoms with E-state index in [0.29, 0.717) is 5.88 Å². The second-order valence-corrected chi connectivity index (χ2v) is 4.87. The number of hydrogen-bond acceptors (Lipinski definition) is 5. The van der Waals surface area contributed by atoms with Gasteiger partial charge in [0.15, 0.2) is 0 Å². The smallest absolute Gasteiger partial charge is 0.311 e. The summed E-state index contributed by atoms with van der Waals surface area (Å²) in [6.45, 7) is 4.22. The summed E-state index contributed by atoms with van der Waals surface area (Å²) in [6.07, 6.45) is 0.989. The zero-order chi connectivity index (χ0) is 12.6. The molecule has 92 valence electrons. The third-order valence-electron chi connectivity index (χ3n) is 3.08. The maximum absolute atomic E-state index is 10.9. The first-order valence-electron chi connectivity index (χ1n) is 5.40. The number of anilines is 1. The maximum Gasteiger partial charge on any atom is 0.311 e. The Balaban J connectivity index is 2.26. The van der Waals surface area contributed by atoms with Crippen molar-refractivity contribution in [1.29, 1.82) is 0 Å². The van der Waals surface area contributed by atoms with Gasteiger partial charge in [-0.15, -0.1) is 0 Å². The zero-order valence-electron chi connectivity index (χ0n) is 10.1. The van der Waals surface area contributed by atoms with Crippen molar-refractivity contribution in [3.8, 4) is 5.88 Å². The average Bonchev–Trinajstić information content (AvgIpc) is 2.85. The van der Waals surface area contributed by atoms with E-state index in [1.54, 1.807) is 0 Å². The number of rotatable bonds is 4. The van der Waals surface area contributed by atoms with E-state index in [0.717, 1.165) is 6.42 Å². The van der Waals surface area contributed by atoms with Crippen LogP contribution in [0.15, 0.2) is 12.1 Å². The van der Waals surface area contributed by atoms with Crippen molar-refractivity contribution < 1.29 is 9.66 Å². The molecule has 1 aromatic heterocycles. The Kier molecular flexibility index (Phi) is 2.65. The molecule has 6 heteroatoms. The van der Waals surface area contributed by atoms with Gasteiger partial charge in [0.2, 0.25) is 11.7 Å². The maximum atomic E-state index is 10.9. The molecule has 1 atom stereocenters. The minimum absolute atomic E-state index is 0.0199. The fourth-order valence-electron chi connectivity index (χ4n) is 1.68. The highest BCUT2D eigenvalue weighted by molar-refractivity contribution is 5.58. The lowest BCUT2D eigenvalue weighted by molar-refractivity contribution is -0.384. The molecule has 2 rings (SSSR count). The predicted octanol–water partition coefficient (Wildman–Crippen LogP) is 2.21. The Bertz CT molecular complexity index is 459. The van der Waals surface area contributed by atoms with Gasteiger partial charge in [0.05, 0.1) is 12.0 Å². The summed E-state index contributed by atoms with van der Waals surface area (Å²) in [5.41, 5.74) is 0.159. The van der Waals surface area contributed by atoms with E-state index in [2.05, 4.69) is 24.1 Å². The molecule has 1 aliphatic rings. The quantitative estimate of drug-likeness (QED) is 0.641. The monoisotopic (exact) mass is 237 g/mol. The van der Waals surface area contributed by atoms with Crippen molar-refractivity contribution in [2.75, 3.05) is 12.4 Å². The molecule has 0 spiro atoms. The average molecular weight is 237 g/mol. The van der Waals surface area contributed by atoms with Crippen LogP contribution in [0.25, 0.3) is 0 Å². The fraction of sp³-hybridized carbons (Fsp3) is 0.545. The van der Waals surface area contributed by atoms with Gasteiger partial charge < -0.3 is 10.1 Å². The minimum atomic E-state index is -0.440. The molecule has 1 fully saturated rings. The van der Waals surface area contributed by atoms with Crippen LogP contribution in [-0.4, -0.2) is 23.1 Å². The van der Waals surface area contributed by atoms with Crippen LogP contribution in [0, 0.1) is 15.5 Å². The molecular formula is C11H15N3O3. The van der Waals surface area contributed by atoms with Gasteiger partial charge in [0.1, 0.15) is 0 Å². The molecular weight excluding hydrogens is 222 g/mol. The summed E-state index contributed by atoms with van der Waals surface area (Å²) in [7, 11) is 1.49. The van der Waals surface area contributed by atoms with E-state index < -0.39 is 4.92 Å².